The predicted octanol–water partition coefficient (Wildman–Crippen LogP) is -3.78. The molecular formula is C18H30B3N6O12S3. The van der Waals surface area contributed by atoms with E-state index >= 15 is 0 Å². The minimum absolute atomic E-state index is 0. The number of carbonyl (C=O) groups excluding carboxylic acids is 4. The van der Waals surface area contributed by atoms with Gasteiger partial charge in [-0.3, -0.25) is 24.0 Å². The van der Waals surface area contributed by atoms with Gasteiger partial charge >= 0.3 is 5.97 Å². The second kappa shape index (κ2) is 25.1. The molecule has 42 heavy (non-hydrogen) atoms. The Hall–Kier alpha value is -3.60. The summed E-state index contributed by atoms with van der Waals surface area (Å²) in [6, 6.07) is 0. The van der Waals surface area contributed by atoms with E-state index in [9.17, 15) is 49.2 Å². The number of ketones is 3. The van der Waals surface area contributed by atoms with Gasteiger partial charge in [-0.25, -0.2) is 27.1 Å². The fraction of sp³-hybridized carbons (Fsp3) is 0.333. The summed E-state index contributed by atoms with van der Waals surface area (Å²) in [6.45, 7) is 4.06. The van der Waals surface area contributed by atoms with Crippen molar-refractivity contribution in [1.29, 1.82) is 0 Å². The predicted molar refractivity (Wildman–Crippen MR) is 156 cm³/mol. The molecule has 0 atom stereocenters. The number of amides is 1. The van der Waals surface area contributed by atoms with Gasteiger partial charge in [0, 0.05) is 43.8 Å². The SMILES string of the molecule is CC(=O)CC(=O)N/C=C\S(N)(=O)=O.CC(=O)CC(C)=O.N/C=C\S(N)(=O)=O.O=C(O)CC1=NS(=O)(=O)C=CN1.[B].[B].[B]. The van der Waals surface area contributed by atoms with Crippen LogP contribution in [0.1, 0.15) is 40.0 Å². The van der Waals surface area contributed by atoms with Crippen molar-refractivity contribution in [3.63, 3.8) is 0 Å². The number of hydrogen-bond acceptors (Lipinski definition) is 13. The van der Waals surface area contributed by atoms with E-state index in [2.05, 4.69) is 31.0 Å². The molecule has 0 unspecified atom stereocenters. The highest BCUT2D eigenvalue weighted by Crippen LogP contribution is 2.01. The summed E-state index contributed by atoms with van der Waals surface area (Å²) in [6.07, 6.45) is 2.26. The zero-order valence-corrected chi connectivity index (χ0v) is 25.1. The van der Waals surface area contributed by atoms with E-state index in [1.54, 1.807) is 0 Å². The van der Waals surface area contributed by atoms with Gasteiger partial charge in [-0.1, -0.05) is 0 Å². The average molecular weight is 651 g/mol. The van der Waals surface area contributed by atoms with E-state index in [-0.39, 0.29) is 61.3 Å². The Balaban J connectivity index is -0.000000104. The maximum atomic E-state index is 10.7. The highest BCUT2D eigenvalue weighted by molar-refractivity contribution is 7.93. The number of aliphatic carboxylic acids is 1. The smallest absolute Gasteiger partial charge is 0.311 e. The third-order valence-electron chi connectivity index (χ3n) is 2.72. The summed E-state index contributed by atoms with van der Waals surface area (Å²) in [5.74, 6) is -2.22. The molecule has 0 spiro atoms. The quantitative estimate of drug-likeness (QED) is 0.103. The van der Waals surface area contributed by atoms with Crippen LogP contribution in [0.2, 0.25) is 0 Å². The van der Waals surface area contributed by atoms with E-state index in [4.69, 9.17) is 5.11 Å². The van der Waals surface area contributed by atoms with Gasteiger partial charge in [-0.2, -0.15) is 8.42 Å². The molecule has 18 nitrogen and oxygen atoms in total. The number of primary sulfonamides is 2. The standard InChI is InChI=1S/C6H10N2O4S.C5H6N2O4S.C5H8O2.C2H6N2O2S.3B/c1-5(9)4-6(10)8-2-3-13(7,11)12;8-5(9)3-4-6-1-2-12(10,11)7-4;1-4(6)3-5(2)7;3-1-2-7(4,5)6;;;/h2-3H,4H2,1H3,(H,8,10)(H2,7,11,12);1-2H,3H2,(H,6,7)(H,8,9);3H2,1-2H3;1-2H,3H2,(H2,4,5,6);;;/b3-2-;;;2-1-;;;. The largest absolute Gasteiger partial charge is 0.481 e. The Labute approximate surface area is 250 Å². The van der Waals surface area contributed by atoms with Gasteiger partial charge in [-0.15, -0.1) is 4.40 Å². The molecule has 0 saturated carbocycles. The van der Waals surface area contributed by atoms with Gasteiger partial charge in [0.25, 0.3) is 10.0 Å². The van der Waals surface area contributed by atoms with Crippen LogP contribution in [0.25, 0.3) is 0 Å². The zero-order chi connectivity index (χ0) is 31.4. The molecule has 9 N–H and O–H groups in total. The molecule has 1 amide bonds. The molecular weight excluding hydrogens is 621 g/mol. The van der Waals surface area contributed by atoms with E-state index in [1.807, 2.05) is 0 Å². The van der Waals surface area contributed by atoms with Crippen LogP contribution < -0.4 is 26.6 Å². The van der Waals surface area contributed by atoms with Gasteiger partial charge in [0.05, 0.1) is 29.1 Å². The molecule has 0 saturated heterocycles. The molecule has 1 rings (SSSR count). The maximum Gasteiger partial charge on any atom is 0.311 e. The van der Waals surface area contributed by atoms with Crippen molar-refractivity contribution >= 4 is 90.4 Å². The molecule has 24 heteroatoms. The Bertz CT molecular complexity index is 1330. The van der Waals surface area contributed by atoms with E-state index in [1.165, 1.54) is 20.8 Å². The van der Waals surface area contributed by atoms with Gasteiger partial charge in [0.1, 0.15) is 29.6 Å². The average Bonchev–Trinajstić information content (AvgIpc) is 2.64. The number of Topliss-reactive ketones (excluding diaryl/α,β-unsaturated/α-hetero) is 3. The minimum Gasteiger partial charge on any atom is -0.481 e. The van der Waals surface area contributed by atoms with Gasteiger partial charge < -0.3 is 21.5 Å². The topological polar surface area (TPSA) is 322 Å². The fourth-order valence-corrected chi connectivity index (χ4v) is 2.81. The van der Waals surface area contributed by atoms with Gasteiger partial charge in [0.15, 0.2) is 0 Å². The molecule has 0 aromatic heterocycles. The van der Waals surface area contributed by atoms with Crippen LogP contribution in [-0.2, 0) is 54.0 Å². The van der Waals surface area contributed by atoms with Crippen molar-refractivity contribution in [2.45, 2.75) is 40.0 Å². The van der Waals surface area contributed by atoms with Crippen LogP contribution >= 0.6 is 0 Å². The van der Waals surface area contributed by atoms with Crippen LogP contribution in [0.4, 0.5) is 0 Å². The van der Waals surface area contributed by atoms with Crippen LogP contribution in [0.5, 0.6) is 0 Å². The third-order valence-corrected chi connectivity index (χ3v) is 4.73. The molecule has 0 bridgehead atoms. The number of nitrogens with one attached hydrogen (secondary N) is 2. The summed E-state index contributed by atoms with van der Waals surface area (Å²) in [7, 11) is -10.8. The van der Waals surface area contributed by atoms with Gasteiger partial charge in [0.2, 0.25) is 26.0 Å². The highest BCUT2D eigenvalue weighted by atomic mass is 32.2. The molecule has 1 heterocycles. The third kappa shape index (κ3) is 46.3. The van der Waals surface area contributed by atoms with Crippen LogP contribution in [0.15, 0.2) is 39.2 Å². The lowest BCUT2D eigenvalue weighted by Crippen LogP contribution is -2.25. The minimum atomic E-state index is -3.73. The summed E-state index contributed by atoms with van der Waals surface area (Å²) in [5, 5.41) is 24.0. The Morgan fingerprint density at radius 3 is 1.60 bits per heavy atom. The molecule has 0 aromatic carbocycles. The van der Waals surface area contributed by atoms with Crippen molar-refractivity contribution in [3.8, 4) is 0 Å². The maximum absolute atomic E-state index is 10.7. The van der Waals surface area contributed by atoms with E-state index in [0.29, 0.717) is 10.8 Å². The monoisotopic (exact) mass is 651 g/mol. The van der Waals surface area contributed by atoms with Crippen molar-refractivity contribution < 1.29 is 54.3 Å². The van der Waals surface area contributed by atoms with Crippen molar-refractivity contribution in [2.24, 2.45) is 20.4 Å². The lowest BCUT2D eigenvalue weighted by atomic mass is 10.2. The van der Waals surface area contributed by atoms with E-state index in [0.717, 1.165) is 24.0 Å². The normalized spacial score (nSPS) is 12.6. The van der Waals surface area contributed by atoms with Crippen LogP contribution in [0, 0.1) is 0 Å². The second-order valence-electron chi connectivity index (χ2n) is 6.91. The van der Waals surface area contributed by atoms with Crippen molar-refractivity contribution in [3.05, 3.63) is 34.8 Å². The number of carbonyl (C=O) groups is 5. The molecule has 231 valence electrons. The number of nitrogens with zero attached hydrogens (tertiary/aromatic N) is 1. The Morgan fingerprint density at radius 2 is 1.33 bits per heavy atom. The summed E-state index contributed by atoms with van der Waals surface area (Å²) in [4.78, 5) is 51.3. The summed E-state index contributed by atoms with van der Waals surface area (Å²) < 4.78 is 64.9. The van der Waals surface area contributed by atoms with Crippen LogP contribution in [0.3, 0.4) is 0 Å². The number of hydrogen-bond donors (Lipinski definition) is 6. The first-order valence-electron chi connectivity index (χ1n) is 9.86. The molecule has 9 radical (unpaired) electrons. The van der Waals surface area contributed by atoms with Crippen LogP contribution in [-0.4, -0.2) is 90.7 Å². The van der Waals surface area contributed by atoms with Crippen molar-refractivity contribution in [1.82, 2.24) is 10.6 Å². The van der Waals surface area contributed by atoms with Gasteiger partial charge in [-0.05, 0) is 20.8 Å². The second-order valence-corrected chi connectivity index (χ2v) is 11.3. The lowest BCUT2D eigenvalue weighted by Gasteiger charge is -2.05. The molecule has 0 aromatic rings. The molecule has 1 aliphatic heterocycles. The molecule has 0 fully saturated rings. The van der Waals surface area contributed by atoms with Crippen molar-refractivity contribution in [2.75, 3.05) is 0 Å². The fourth-order valence-electron chi connectivity index (χ4n) is 1.61. The number of amidine groups is 1. The number of rotatable bonds is 9. The number of carboxylic acids is 1. The zero-order valence-electron chi connectivity index (χ0n) is 22.7. The van der Waals surface area contributed by atoms with E-state index < -0.39 is 48.4 Å². The first-order valence-corrected chi connectivity index (χ1v) is 14.6. The Morgan fingerprint density at radius 1 is 0.905 bits per heavy atom. The summed E-state index contributed by atoms with van der Waals surface area (Å²) >= 11 is 0. The molecule has 0 aliphatic carbocycles. The number of nitrogens with two attached hydrogens (primary N) is 3. The lowest BCUT2D eigenvalue weighted by molar-refractivity contribution is -0.135. The first kappa shape index (κ1) is 51.2. The number of sulfonamides is 3. The Kier molecular flexibility index (Phi) is 30.6. The number of carboxylic acid groups (broad SMARTS) is 1. The highest BCUT2D eigenvalue weighted by Gasteiger charge is 2.13. The molecule has 1 aliphatic rings. The first-order chi connectivity index (χ1) is 17.5. The summed E-state index contributed by atoms with van der Waals surface area (Å²) in [5.41, 5.74) is 4.67.